The van der Waals surface area contributed by atoms with Gasteiger partial charge in [-0.25, -0.2) is 0 Å². The summed E-state index contributed by atoms with van der Waals surface area (Å²) in [6.45, 7) is 4.39. The van der Waals surface area contributed by atoms with E-state index in [4.69, 9.17) is 9.47 Å². The molecule has 0 aliphatic rings. The van der Waals surface area contributed by atoms with Gasteiger partial charge in [-0.05, 0) is 37.1 Å². The van der Waals surface area contributed by atoms with Crippen LogP contribution in [0, 0.1) is 0 Å². The Labute approximate surface area is 155 Å². The molecule has 1 atom stereocenters. The molecule has 0 amide bonds. The minimum absolute atomic E-state index is 0.203. The molecule has 0 saturated heterocycles. The zero-order valence-electron chi connectivity index (χ0n) is 14.2. The third-order valence-electron chi connectivity index (χ3n) is 2.85. The van der Waals surface area contributed by atoms with Crippen LogP contribution in [0.25, 0.3) is 0 Å². The van der Waals surface area contributed by atoms with Crippen molar-refractivity contribution in [2.45, 2.75) is 25.1 Å². The highest BCUT2D eigenvalue weighted by atomic mass is 79.9. The minimum atomic E-state index is -0.416. The van der Waals surface area contributed by atoms with Crippen molar-refractivity contribution in [3.05, 3.63) is 60.2 Å². The second-order valence-electron chi connectivity index (χ2n) is 4.74. The Morgan fingerprint density at radius 1 is 1.04 bits per heavy atom. The number of pyridine rings is 2. The number of alkyl halides is 1. The van der Waals surface area contributed by atoms with Crippen LogP contribution < -0.4 is 0 Å². The first-order valence-electron chi connectivity index (χ1n) is 7.83. The van der Waals surface area contributed by atoms with E-state index in [0.29, 0.717) is 19.6 Å². The summed E-state index contributed by atoms with van der Waals surface area (Å²) in [5, 5.41) is 0. The van der Waals surface area contributed by atoms with E-state index >= 15 is 0 Å². The molecular formula is C18H21BrN2O4. The molecule has 0 aromatic carbocycles. The number of hydrogen-bond acceptors (Lipinski definition) is 6. The number of aromatic nitrogens is 2. The molecule has 25 heavy (non-hydrogen) atoms. The van der Waals surface area contributed by atoms with Crippen molar-refractivity contribution < 1.29 is 19.1 Å². The molecule has 0 radical (unpaired) electrons. The van der Waals surface area contributed by atoms with Gasteiger partial charge in [0, 0.05) is 24.8 Å². The lowest BCUT2D eigenvalue weighted by Gasteiger charge is -2.07. The molecular weight excluding hydrogens is 388 g/mol. The summed E-state index contributed by atoms with van der Waals surface area (Å²) in [7, 11) is 0. The first-order chi connectivity index (χ1) is 12.1. The second kappa shape index (κ2) is 12.1. The molecule has 134 valence electrons. The summed E-state index contributed by atoms with van der Waals surface area (Å²) in [6, 6.07) is 7.25. The molecule has 1 unspecified atom stereocenters. The van der Waals surface area contributed by atoms with Gasteiger partial charge >= 0.3 is 11.9 Å². The summed E-state index contributed by atoms with van der Waals surface area (Å²) in [5.74, 6) is -0.485. The zero-order chi connectivity index (χ0) is 18.5. The average molecular weight is 409 g/mol. The number of ether oxygens (including phenoxy) is 2. The summed E-state index contributed by atoms with van der Waals surface area (Å²) in [6.07, 6.45) is 6.94. The van der Waals surface area contributed by atoms with E-state index in [1.165, 1.54) is 0 Å². The number of rotatable bonds is 6. The fourth-order valence-corrected chi connectivity index (χ4v) is 2.16. The lowest BCUT2D eigenvalue weighted by atomic mass is 10.2. The average Bonchev–Trinajstić information content (AvgIpc) is 2.63. The smallest absolute Gasteiger partial charge is 0.324 e. The van der Waals surface area contributed by atoms with E-state index in [-0.39, 0.29) is 11.9 Å². The molecule has 2 rings (SSSR count). The monoisotopic (exact) mass is 408 g/mol. The lowest BCUT2D eigenvalue weighted by molar-refractivity contribution is -0.143. The number of carbonyl (C=O) groups is 2. The maximum Gasteiger partial charge on any atom is 0.324 e. The number of halogens is 1. The van der Waals surface area contributed by atoms with Gasteiger partial charge in [0.15, 0.2) is 0 Å². The molecule has 0 spiro atoms. The van der Waals surface area contributed by atoms with E-state index in [1.54, 1.807) is 50.8 Å². The third kappa shape index (κ3) is 8.39. The van der Waals surface area contributed by atoms with Crippen molar-refractivity contribution in [3.63, 3.8) is 0 Å². The quantitative estimate of drug-likeness (QED) is 0.538. The Morgan fingerprint density at radius 3 is 2.20 bits per heavy atom. The highest BCUT2D eigenvalue weighted by molar-refractivity contribution is 9.09. The SMILES string of the molecule is CCOC(=O)C(Br)c1cccnc1.CCOC(=O)Cc1cccnc1. The van der Waals surface area contributed by atoms with Crippen LogP contribution in [-0.4, -0.2) is 35.1 Å². The van der Waals surface area contributed by atoms with Crippen LogP contribution in [0.15, 0.2) is 49.1 Å². The molecule has 6 nitrogen and oxygen atoms in total. The van der Waals surface area contributed by atoms with Crippen molar-refractivity contribution >= 4 is 27.9 Å². The predicted molar refractivity (Wildman–Crippen MR) is 97.1 cm³/mol. The predicted octanol–water partition coefficient (Wildman–Crippen LogP) is 3.27. The largest absolute Gasteiger partial charge is 0.466 e. The van der Waals surface area contributed by atoms with Crippen LogP contribution in [0.1, 0.15) is 29.8 Å². The fraction of sp³-hybridized carbons (Fsp3) is 0.333. The molecule has 2 aromatic rings. The third-order valence-corrected chi connectivity index (χ3v) is 3.75. The summed E-state index contributed by atoms with van der Waals surface area (Å²) in [4.78, 5) is 29.6. The topological polar surface area (TPSA) is 78.4 Å². The number of hydrogen-bond donors (Lipinski definition) is 0. The van der Waals surface area contributed by atoms with Crippen molar-refractivity contribution in [1.82, 2.24) is 9.97 Å². The number of nitrogens with zero attached hydrogens (tertiary/aromatic N) is 2. The number of carbonyl (C=O) groups excluding carboxylic acids is 2. The van der Waals surface area contributed by atoms with Gasteiger partial charge in [0.05, 0.1) is 19.6 Å². The van der Waals surface area contributed by atoms with Crippen LogP contribution in [0.2, 0.25) is 0 Å². The lowest BCUT2D eigenvalue weighted by Crippen LogP contribution is -2.10. The summed E-state index contributed by atoms with van der Waals surface area (Å²) in [5.41, 5.74) is 1.69. The molecule has 0 saturated carbocycles. The first kappa shape index (κ1) is 20.8. The Balaban J connectivity index is 0.000000251. The molecule has 0 N–H and O–H groups in total. The summed E-state index contributed by atoms with van der Waals surface area (Å²) >= 11 is 3.24. The zero-order valence-corrected chi connectivity index (χ0v) is 15.8. The Hall–Kier alpha value is -2.28. The highest BCUT2D eigenvalue weighted by Gasteiger charge is 2.17. The Bertz CT molecular complexity index is 638. The van der Waals surface area contributed by atoms with E-state index < -0.39 is 4.83 Å². The molecule has 0 aliphatic carbocycles. The van der Waals surface area contributed by atoms with E-state index in [1.807, 2.05) is 12.1 Å². The van der Waals surface area contributed by atoms with E-state index in [0.717, 1.165) is 11.1 Å². The van der Waals surface area contributed by atoms with Gasteiger partial charge in [0.2, 0.25) is 0 Å². The Kier molecular flexibility index (Phi) is 10.1. The molecule has 0 aliphatic heterocycles. The normalized spacial score (nSPS) is 10.8. The van der Waals surface area contributed by atoms with E-state index in [9.17, 15) is 9.59 Å². The van der Waals surface area contributed by atoms with Gasteiger partial charge in [0.1, 0.15) is 4.83 Å². The maximum atomic E-state index is 11.2. The van der Waals surface area contributed by atoms with Gasteiger partial charge in [0.25, 0.3) is 0 Å². The van der Waals surface area contributed by atoms with Crippen LogP contribution in [0.4, 0.5) is 0 Å². The van der Waals surface area contributed by atoms with Gasteiger partial charge in [-0.2, -0.15) is 0 Å². The van der Waals surface area contributed by atoms with Gasteiger partial charge in [-0.3, -0.25) is 19.6 Å². The van der Waals surface area contributed by atoms with E-state index in [2.05, 4.69) is 25.9 Å². The van der Waals surface area contributed by atoms with Crippen LogP contribution >= 0.6 is 15.9 Å². The van der Waals surface area contributed by atoms with Gasteiger partial charge in [-0.1, -0.05) is 28.1 Å². The maximum absolute atomic E-state index is 11.2. The van der Waals surface area contributed by atoms with Crippen LogP contribution in [0.5, 0.6) is 0 Å². The van der Waals surface area contributed by atoms with Gasteiger partial charge < -0.3 is 9.47 Å². The van der Waals surface area contributed by atoms with Crippen molar-refractivity contribution in [1.29, 1.82) is 0 Å². The van der Waals surface area contributed by atoms with Crippen LogP contribution in [-0.2, 0) is 25.5 Å². The molecule has 2 heterocycles. The van der Waals surface area contributed by atoms with Crippen LogP contribution in [0.3, 0.4) is 0 Å². The van der Waals surface area contributed by atoms with Crippen molar-refractivity contribution in [2.24, 2.45) is 0 Å². The molecule has 7 heteroatoms. The standard InChI is InChI=1S/C9H10BrNO2.C9H11NO2/c1-2-13-9(12)8(10)7-4-3-5-11-6-7;1-2-12-9(11)6-8-4-3-5-10-7-8/h3-6,8H,2H2,1H3;3-5,7H,2,6H2,1H3. The van der Waals surface area contributed by atoms with Crippen molar-refractivity contribution in [3.8, 4) is 0 Å². The molecule has 0 bridgehead atoms. The Morgan fingerprint density at radius 2 is 1.68 bits per heavy atom. The highest BCUT2D eigenvalue weighted by Crippen LogP contribution is 2.22. The second-order valence-corrected chi connectivity index (χ2v) is 5.66. The minimum Gasteiger partial charge on any atom is -0.466 e. The number of esters is 2. The van der Waals surface area contributed by atoms with Gasteiger partial charge in [-0.15, -0.1) is 0 Å². The van der Waals surface area contributed by atoms with Crippen molar-refractivity contribution in [2.75, 3.05) is 13.2 Å². The summed E-state index contributed by atoms with van der Waals surface area (Å²) < 4.78 is 9.62. The molecule has 2 aromatic heterocycles. The first-order valence-corrected chi connectivity index (χ1v) is 8.75. The molecule has 0 fully saturated rings. The fourth-order valence-electron chi connectivity index (χ4n) is 1.76.